The Morgan fingerprint density at radius 2 is 1.72 bits per heavy atom. The van der Waals surface area contributed by atoms with Crippen LogP contribution in [0.2, 0.25) is 0 Å². The highest BCUT2D eigenvalue weighted by Crippen LogP contribution is 2.33. The number of hydrogen-bond acceptors (Lipinski definition) is 6. The van der Waals surface area contributed by atoms with Gasteiger partial charge in [-0.15, -0.1) is 0 Å². The predicted octanol–water partition coefficient (Wildman–Crippen LogP) is 4.28. The predicted molar refractivity (Wildman–Crippen MR) is 132 cm³/mol. The van der Waals surface area contributed by atoms with Crippen LogP contribution in [0.5, 0.6) is 0 Å². The van der Waals surface area contributed by atoms with Crippen molar-refractivity contribution in [3.05, 3.63) is 28.4 Å². The van der Waals surface area contributed by atoms with Crippen LogP contribution in [0.25, 0.3) is 0 Å². The highest BCUT2D eigenvalue weighted by atomic mass is 127. The fourth-order valence-electron chi connectivity index (χ4n) is 3.27. The molecule has 1 aromatic rings. The number of carbonyl (C=O) groups is 2. The fraction of sp³-hybridized carbons (Fsp3) is 0.556. The summed E-state index contributed by atoms with van der Waals surface area (Å²) in [5.41, 5.74) is 0.541. The minimum atomic E-state index is -4.15. The van der Waals surface area contributed by atoms with Gasteiger partial charge in [-0.05, 0) is 105 Å². The summed E-state index contributed by atoms with van der Waals surface area (Å²) in [6.45, 7) is -0.131. The van der Waals surface area contributed by atoms with Crippen LogP contribution >= 0.6 is 67.8 Å². The summed E-state index contributed by atoms with van der Waals surface area (Å²) in [5.74, 6) is -1.41. The molecule has 1 aliphatic carbocycles. The molecule has 29 heavy (non-hydrogen) atoms. The van der Waals surface area contributed by atoms with E-state index in [0.717, 1.165) is 36.4 Å². The maximum Gasteiger partial charge on any atom is 0.339 e. The summed E-state index contributed by atoms with van der Waals surface area (Å²) in [7, 11) is -4.15. The Hall–Kier alpha value is 0.260. The van der Waals surface area contributed by atoms with Crippen LogP contribution in [0.15, 0.2) is 12.1 Å². The zero-order chi connectivity index (χ0) is 21.6. The molecule has 1 fully saturated rings. The molecule has 0 amide bonds. The topological polar surface area (TPSA) is 107 Å². The first kappa shape index (κ1) is 25.5. The number of benzene rings is 1. The van der Waals surface area contributed by atoms with Gasteiger partial charge < -0.3 is 9.47 Å². The molecule has 0 aliphatic heterocycles. The molecule has 1 aromatic carbocycles. The van der Waals surface area contributed by atoms with Crippen LogP contribution in [0.1, 0.15) is 42.5 Å². The lowest BCUT2D eigenvalue weighted by Gasteiger charge is -2.30. The number of halogens is 3. The second kappa shape index (κ2) is 11.8. The average Bonchev–Trinajstić information content (AvgIpc) is 2.62. The van der Waals surface area contributed by atoms with Crippen molar-refractivity contribution in [2.45, 2.75) is 32.1 Å². The third kappa shape index (κ3) is 8.73. The van der Waals surface area contributed by atoms with Crippen molar-refractivity contribution in [1.82, 2.24) is 0 Å². The molecule has 11 heteroatoms. The Morgan fingerprint density at radius 1 is 1.07 bits per heavy atom. The Labute approximate surface area is 211 Å². The Balaban J connectivity index is 1.91. The summed E-state index contributed by atoms with van der Waals surface area (Å²) in [6, 6.07) is 3.79. The molecule has 1 aliphatic rings. The molecule has 2 atom stereocenters. The number of carbonyl (C=O) groups excluding carboxylic acids is 2. The third-order valence-corrected chi connectivity index (χ3v) is 9.09. The first-order valence-electron chi connectivity index (χ1n) is 8.99. The van der Waals surface area contributed by atoms with E-state index in [1.807, 2.05) is 6.07 Å². The minimum absolute atomic E-state index is 0.0184. The molecule has 1 N–H and O–H groups in total. The minimum Gasteiger partial charge on any atom is -0.464 e. The SMILES string of the molecule is O=C(CC1CCCCC1COC(=O)c1cc(I)cc(I)c1I)OCCS(=O)(=O)O. The molecule has 0 saturated heterocycles. The first-order chi connectivity index (χ1) is 13.6. The average molecular weight is 762 g/mol. The number of esters is 2. The summed E-state index contributed by atoms with van der Waals surface area (Å²) in [6.07, 6.45) is 3.83. The Bertz CT molecular complexity index is 857. The van der Waals surface area contributed by atoms with Crippen molar-refractivity contribution in [2.75, 3.05) is 19.0 Å². The molecule has 7 nitrogen and oxygen atoms in total. The molecule has 0 aromatic heterocycles. The van der Waals surface area contributed by atoms with Crippen molar-refractivity contribution in [1.29, 1.82) is 0 Å². The zero-order valence-corrected chi connectivity index (χ0v) is 22.7. The first-order valence-corrected chi connectivity index (χ1v) is 13.8. The van der Waals surface area contributed by atoms with Crippen molar-refractivity contribution < 1.29 is 32.0 Å². The van der Waals surface area contributed by atoms with Gasteiger partial charge in [0.1, 0.15) is 12.4 Å². The standard InChI is InChI=1S/C18H21I3O7S/c19-13-8-14(17(21)15(20)9-13)18(23)28-10-12-4-2-1-3-11(12)7-16(22)27-5-6-29(24,25)26/h8-9,11-12H,1-7,10H2,(H,24,25,26). The van der Waals surface area contributed by atoms with E-state index in [1.165, 1.54) is 0 Å². The molecule has 0 bridgehead atoms. The highest BCUT2D eigenvalue weighted by Gasteiger charge is 2.29. The van der Waals surface area contributed by atoms with Crippen LogP contribution in [0.3, 0.4) is 0 Å². The molecular formula is C18H21I3O7S. The van der Waals surface area contributed by atoms with Crippen molar-refractivity contribution in [2.24, 2.45) is 11.8 Å². The molecule has 2 rings (SSSR count). The lowest BCUT2D eigenvalue weighted by atomic mass is 9.78. The molecule has 162 valence electrons. The lowest BCUT2D eigenvalue weighted by molar-refractivity contribution is -0.145. The quantitative estimate of drug-likeness (QED) is 0.183. The van der Waals surface area contributed by atoms with Gasteiger partial charge in [-0.1, -0.05) is 12.8 Å². The van der Waals surface area contributed by atoms with E-state index in [4.69, 9.17) is 14.0 Å². The number of hydrogen-bond donors (Lipinski definition) is 1. The van der Waals surface area contributed by atoms with Crippen molar-refractivity contribution in [3.8, 4) is 0 Å². The van der Waals surface area contributed by atoms with Gasteiger partial charge in [0.05, 0.1) is 12.2 Å². The van der Waals surface area contributed by atoms with E-state index in [9.17, 15) is 18.0 Å². The summed E-state index contributed by atoms with van der Waals surface area (Å²) < 4.78 is 43.4. The highest BCUT2D eigenvalue weighted by molar-refractivity contribution is 14.1. The van der Waals surface area contributed by atoms with E-state index < -0.39 is 21.8 Å². The largest absolute Gasteiger partial charge is 0.464 e. The summed E-state index contributed by atoms with van der Waals surface area (Å²) in [4.78, 5) is 24.6. The summed E-state index contributed by atoms with van der Waals surface area (Å²) in [5, 5.41) is 0. The fourth-order valence-corrected chi connectivity index (χ4v) is 5.94. The second-order valence-electron chi connectivity index (χ2n) is 6.86. The molecule has 0 radical (unpaired) electrons. The van der Waals surface area contributed by atoms with E-state index in [1.54, 1.807) is 6.07 Å². The molecule has 1 saturated carbocycles. The molecule has 0 spiro atoms. The van der Waals surface area contributed by atoms with Gasteiger partial charge in [-0.3, -0.25) is 9.35 Å². The van der Waals surface area contributed by atoms with Crippen LogP contribution in [-0.2, 0) is 24.4 Å². The second-order valence-corrected chi connectivity index (χ2v) is 11.9. The van der Waals surface area contributed by atoms with Gasteiger partial charge in [0.25, 0.3) is 10.1 Å². The molecule has 2 unspecified atom stereocenters. The smallest absolute Gasteiger partial charge is 0.339 e. The normalized spacial score (nSPS) is 19.6. The van der Waals surface area contributed by atoms with Crippen molar-refractivity contribution >= 4 is 89.8 Å². The van der Waals surface area contributed by atoms with Crippen LogP contribution < -0.4 is 0 Å². The maximum atomic E-state index is 12.6. The van der Waals surface area contributed by atoms with Gasteiger partial charge in [-0.25, -0.2) is 4.79 Å². The van der Waals surface area contributed by atoms with E-state index in [2.05, 4.69) is 67.8 Å². The van der Waals surface area contributed by atoms with Crippen LogP contribution in [-0.4, -0.2) is 43.9 Å². The van der Waals surface area contributed by atoms with Gasteiger partial charge in [-0.2, -0.15) is 8.42 Å². The zero-order valence-electron chi connectivity index (χ0n) is 15.4. The Kier molecular flexibility index (Phi) is 10.3. The van der Waals surface area contributed by atoms with E-state index in [-0.39, 0.29) is 37.4 Å². The van der Waals surface area contributed by atoms with Crippen LogP contribution in [0, 0.1) is 22.5 Å². The third-order valence-electron chi connectivity index (χ3n) is 4.74. The van der Waals surface area contributed by atoms with Gasteiger partial charge in [0, 0.05) is 17.1 Å². The number of ether oxygens (including phenoxy) is 2. The summed E-state index contributed by atoms with van der Waals surface area (Å²) >= 11 is 6.49. The van der Waals surface area contributed by atoms with Gasteiger partial charge in [0.15, 0.2) is 0 Å². The van der Waals surface area contributed by atoms with E-state index in [0.29, 0.717) is 5.56 Å². The molecular weight excluding hydrogens is 741 g/mol. The van der Waals surface area contributed by atoms with Crippen LogP contribution in [0.4, 0.5) is 0 Å². The number of rotatable bonds is 8. The van der Waals surface area contributed by atoms with Crippen molar-refractivity contribution in [3.63, 3.8) is 0 Å². The maximum absolute atomic E-state index is 12.6. The Morgan fingerprint density at radius 3 is 2.38 bits per heavy atom. The van der Waals surface area contributed by atoms with E-state index >= 15 is 0 Å². The van der Waals surface area contributed by atoms with Gasteiger partial charge >= 0.3 is 11.9 Å². The monoisotopic (exact) mass is 762 g/mol. The van der Waals surface area contributed by atoms with Gasteiger partial charge in [0.2, 0.25) is 0 Å². The molecule has 0 heterocycles. The lowest BCUT2D eigenvalue weighted by Crippen LogP contribution is -2.28.